The van der Waals surface area contributed by atoms with Gasteiger partial charge in [-0.3, -0.25) is 0 Å². The number of rotatable bonds is 7. The summed E-state index contributed by atoms with van der Waals surface area (Å²) in [7, 11) is 1.55. The number of aliphatic hydroxyl groups is 2. The number of methoxy groups -OCH3 is 1. The van der Waals surface area contributed by atoms with Gasteiger partial charge in [0, 0.05) is 18.2 Å². The Morgan fingerprint density at radius 2 is 0.964 bits per heavy atom. The topological polar surface area (TPSA) is 120 Å². The molecule has 7 nitrogen and oxygen atoms in total. The third kappa shape index (κ3) is 4.99. The van der Waals surface area contributed by atoms with Crippen LogP contribution >= 0.6 is 0 Å². The van der Waals surface area contributed by atoms with E-state index < -0.39 is 12.5 Å². The summed E-state index contributed by atoms with van der Waals surface area (Å²) < 4.78 is 17.0. The molecule has 7 heteroatoms. The standard InChI is InChI=1S/C21H22N2O5/c1-26-17-10-18(27-15-6-2-13(3-7-15)20(22)24)12-19(11-17)28-16-8-4-14(5-9-16)21(23)25/h2-12,20-21,24-25H,22-23H2,1H3. The van der Waals surface area contributed by atoms with E-state index in [1.54, 1.807) is 73.8 Å². The minimum absolute atomic E-state index is 0.518. The molecular weight excluding hydrogens is 360 g/mol. The highest BCUT2D eigenvalue weighted by Gasteiger charge is 2.08. The first-order valence-corrected chi connectivity index (χ1v) is 8.56. The smallest absolute Gasteiger partial charge is 0.134 e. The van der Waals surface area contributed by atoms with Crippen LogP contribution in [0.2, 0.25) is 0 Å². The Morgan fingerprint density at radius 3 is 1.29 bits per heavy atom. The van der Waals surface area contributed by atoms with Crippen molar-refractivity contribution < 1.29 is 24.4 Å². The zero-order chi connectivity index (χ0) is 20.1. The average Bonchev–Trinajstić information content (AvgIpc) is 2.68. The molecule has 0 aromatic heterocycles. The van der Waals surface area contributed by atoms with Gasteiger partial charge in [0.25, 0.3) is 0 Å². The van der Waals surface area contributed by atoms with Crippen LogP contribution in [0, 0.1) is 0 Å². The van der Waals surface area contributed by atoms with Gasteiger partial charge in [0.2, 0.25) is 0 Å². The summed E-state index contributed by atoms with van der Waals surface area (Å²) in [4.78, 5) is 0. The molecule has 0 radical (unpaired) electrons. The lowest BCUT2D eigenvalue weighted by atomic mass is 10.2. The molecule has 3 rings (SSSR count). The van der Waals surface area contributed by atoms with E-state index >= 15 is 0 Å². The normalized spacial score (nSPS) is 12.9. The molecule has 0 heterocycles. The Kier molecular flexibility index (Phi) is 6.13. The van der Waals surface area contributed by atoms with E-state index in [0.717, 1.165) is 0 Å². The van der Waals surface area contributed by atoms with Crippen LogP contribution in [0.5, 0.6) is 28.7 Å². The Labute approximate surface area is 162 Å². The molecule has 6 N–H and O–H groups in total. The van der Waals surface area contributed by atoms with Gasteiger partial charge in [-0.05, 0) is 35.4 Å². The lowest BCUT2D eigenvalue weighted by Gasteiger charge is -2.13. The van der Waals surface area contributed by atoms with E-state index in [4.69, 9.17) is 25.7 Å². The first-order valence-electron chi connectivity index (χ1n) is 8.56. The fourth-order valence-corrected chi connectivity index (χ4v) is 2.52. The number of hydrogen-bond donors (Lipinski definition) is 4. The van der Waals surface area contributed by atoms with Gasteiger partial charge in [-0.2, -0.15) is 0 Å². The van der Waals surface area contributed by atoms with E-state index in [-0.39, 0.29) is 0 Å². The molecule has 0 saturated carbocycles. The third-order valence-corrected chi connectivity index (χ3v) is 4.00. The zero-order valence-electron chi connectivity index (χ0n) is 15.3. The summed E-state index contributed by atoms with van der Waals surface area (Å²) in [5, 5.41) is 18.8. The molecule has 0 bridgehead atoms. The molecule has 0 aliphatic carbocycles. The summed E-state index contributed by atoms with van der Waals surface area (Å²) >= 11 is 0. The number of hydrogen-bond acceptors (Lipinski definition) is 7. The van der Waals surface area contributed by atoms with Crippen LogP contribution < -0.4 is 25.7 Å². The van der Waals surface area contributed by atoms with Crippen molar-refractivity contribution in [2.75, 3.05) is 7.11 Å². The first-order chi connectivity index (χ1) is 13.4. The number of ether oxygens (including phenoxy) is 3. The minimum atomic E-state index is -1.03. The molecule has 0 fully saturated rings. The van der Waals surface area contributed by atoms with Crippen LogP contribution in [-0.2, 0) is 0 Å². The highest BCUT2D eigenvalue weighted by atomic mass is 16.5. The summed E-state index contributed by atoms with van der Waals surface area (Å²) in [6.45, 7) is 0. The predicted molar refractivity (Wildman–Crippen MR) is 104 cm³/mol. The third-order valence-electron chi connectivity index (χ3n) is 4.00. The highest BCUT2D eigenvalue weighted by Crippen LogP contribution is 2.33. The van der Waals surface area contributed by atoms with Gasteiger partial charge in [0.1, 0.15) is 41.2 Å². The van der Waals surface area contributed by atoms with Crippen LogP contribution in [0.1, 0.15) is 23.6 Å². The Morgan fingerprint density at radius 1 is 0.607 bits per heavy atom. The van der Waals surface area contributed by atoms with E-state index in [1.165, 1.54) is 0 Å². The van der Waals surface area contributed by atoms with Crippen LogP contribution in [0.3, 0.4) is 0 Å². The Bertz CT molecular complexity index is 837. The van der Waals surface area contributed by atoms with E-state index in [0.29, 0.717) is 39.9 Å². The zero-order valence-corrected chi connectivity index (χ0v) is 15.3. The van der Waals surface area contributed by atoms with E-state index in [2.05, 4.69) is 0 Å². The van der Waals surface area contributed by atoms with Gasteiger partial charge in [0.05, 0.1) is 7.11 Å². The molecule has 3 aromatic rings. The fraction of sp³-hybridized carbons (Fsp3) is 0.143. The molecule has 28 heavy (non-hydrogen) atoms. The summed E-state index contributed by atoms with van der Waals surface area (Å²) in [5.41, 5.74) is 12.0. The van der Waals surface area contributed by atoms with Crippen molar-refractivity contribution in [3.63, 3.8) is 0 Å². The second kappa shape index (κ2) is 8.73. The molecule has 2 unspecified atom stereocenters. The largest absolute Gasteiger partial charge is 0.496 e. The maximum atomic E-state index is 9.38. The van der Waals surface area contributed by atoms with Crippen molar-refractivity contribution in [3.8, 4) is 28.7 Å². The molecule has 146 valence electrons. The lowest BCUT2D eigenvalue weighted by molar-refractivity contribution is 0.186. The Hall–Kier alpha value is -3.10. The number of benzene rings is 3. The van der Waals surface area contributed by atoms with Crippen molar-refractivity contribution in [2.45, 2.75) is 12.5 Å². The van der Waals surface area contributed by atoms with Gasteiger partial charge >= 0.3 is 0 Å². The summed E-state index contributed by atoms with van der Waals surface area (Å²) in [6, 6.07) is 18.8. The Balaban J connectivity index is 1.79. The van der Waals surface area contributed by atoms with Gasteiger partial charge in [0.15, 0.2) is 0 Å². The lowest BCUT2D eigenvalue weighted by Crippen LogP contribution is -2.07. The molecule has 0 saturated heterocycles. The average molecular weight is 382 g/mol. The van der Waals surface area contributed by atoms with E-state index in [1.807, 2.05) is 0 Å². The molecule has 0 spiro atoms. The van der Waals surface area contributed by atoms with Crippen LogP contribution in [0.25, 0.3) is 0 Å². The van der Waals surface area contributed by atoms with Crippen molar-refractivity contribution in [1.29, 1.82) is 0 Å². The van der Waals surface area contributed by atoms with Crippen LogP contribution in [0.4, 0.5) is 0 Å². The highest BCUT2D eigenvalue weighted by molar-refractivity contribution is 5.46. The fourth-order valence-electron chi connectivity index (χ4n) is 2.52. The monoisotopic (exact) mass is 382 g/mol. The van der Waals surface area contributed by atoms with Crippen molar-refractivity contribution >= 4 is 0 Å². The predicted octanol–water partition coefficient (Wildman–Crippen LogP) is 3.18. The molecule has 0 amide bonds. The quantitative estimate of drug-likeness (QED) is 0.463. The van der Waals surface area contributed by atoms with Crippen molar-refractivity contribution in [1.82, 2.24) is 0 Å². The van der Waals surface area contributed by atoms with Gasteiger partial charge in [-0.1, -0.05) is 24.3 Å². The second-order valence-corrected chi connectivity index (χ2v) is 6.08. The first kappa shape index (κ1) is 19.7. The van der Waals surface area contributed by atoms with Crippen molar-refractivity contribution in [3.05, 3.63) is 77.9 Å². The summed E-state index contributed by atoms with van der Waals surface area (Å²) in [5.74, 6) is 2.75. The maximum absolute atomic E-state index is 9.38. The molecule has 0 aliphatic rings. The van der Waals surface area contributed by atoms with Crippen LogP contribution in [-0.4, -0.2) is 17.3 Å². The molecular formula is C21H22N2O5. The number of nitrogens with two attached hydrogens (primary N) is 2. The van der Waals surface area contributed by atoms with Crippen molar-refractivity contribution in [2.24, 2.45) is 11.5 Å². The number of aliphatic hydroxyl groups excluding tert-OH is 2. The van der Waals surface area contributed by atoms with Gasteiger partial charge in [-0.15, -0.1) is 0 Å². The summed E-state index contributed by atoms with van der Waals surface area (Å²) in [6.07, 6.45) is -2.06. The SMILES string of the molecule is COc1cc(Oc2ccc(C(N)O)cc2)cc(Oc2ccc(C(N)O)cc2)c1. The molecule has 0 aliphatic heterocycles. The van der Waals surface area contributed by atoms with E-state index in [9.17, 15) is 10.2 Å². The molecule has 3 aromatic carbocycles. The van der Waals surface area contributed by atoms with Gasteiger partial charge in [-0.25, -0.2) is 0 Å². The second-order valence-electron chi connectivity index (χ2n) is 6.08. The minimum Gasteiger partial charge on any atom is -0.496 e. The molecule has 2 atom stereocenters. The van der Waals surface area contributed by atoms with Gasteiger partial charge < -0.3 is 35.9 Å². The van der Waals surface area contributed by atoms with Crippen LogP contribution in [0.15, 0.2) is 66.7 Å². The maximum Gasteiger partial charge on any atom is 0.134 e.